The van der Waals surface area contributed by atoms with Gasteiger partial charge in [-0.3, -0.25) is 9.59 Å². The third-order valence-corrected chi connectivity index (χ3v) is 2.86. The fraction of sp³-hybridized carbons (Fsp3) is 0.333. The molecule has 4 heteroatoms. The second-order valence-electron chi connectivity index (χ2n) is 3.92. The molecule has 0 aliphatic carbocycles. The molecule has 16 heavy (non-hydrogen) atoms. The van der Waals surface area contributed by atoms with Gasteiger partial charge in [-0.05, 0) is 25.0 Å². The number of amides is 2. The lowest BCUT2D eigenvalue weighted by atomic mass is 10.1. The molecule has 1 unspecified atom stereocenters. The Balaban J connectivity index is 2.19. The normalized spacial score (nSPS) is 19.8. The van der Waals surface area contributed by atoms with E-state index in [1.165, 1.54) is 0 Å². The van der Waals surface area contributed by atoms with Crippen LogP contribution in [0.3, 0.4) is 0 Å². The number of benzene rings is 1. The molecule has 1 saturated heterocycles. The van der Waals surface area contributed by atoms with Crippen molar-refractivity contribution in [3.8, 4) is 0 Å². The fourth-order valence-electron chi connectivity index (χ4n) is 2.05. The van der Waals surface area contributed by atoms with Crippen LogP contribution in [-0.2, 0) is 4.79 Å². The molecule has 0 aromatic heterocycles. The molecule has 1 atom stereocenters. The number of nitrogens with zero attached hydrogens (tertiary/aromatic N) is 1. The highest BCUT2D eigenvalue weighted by Gasteiger charge is 2.32. The van der Waals surface area contributed by atoms with Crippen molar-refractivity contribution < 1.29 is 9.59 Å². The molecule has 2 amide bonds. The predicted molar refractivity (Wildman–Crippen MR) is 59.7 cm³/mol. The fourth-order valence-corrected chi connectivity index (χ4v) is 2.05. The molecule has 84 valence electrons. The maximum Gasteiger partial charge on any atom is 0.254 e. The molecule has 1 fully saturated rings. The van der Waals surface area contributed by atoms with Crippen molar-refractivity contribution in [1.29, 1.82) is 0 Å². The highest BCUT2D eigenvalue weighted by atomic mass is 16.2. The van der Waals surface area contributed by atoms with E-state index in [2.05, 4.69) is 0 Å². The first kappa shape index (κ1) is 10.7. The van der Waals surface area contributed by atoms with Crippen molar-refractivity contribution in [3.05, 3.63) is 35.9 Å². The molecule has 1 aliphatic heterocycles. The second kappa shape index (κ2) is 4.35. The minimum atomic E-state index is -0.437. The van der Waals surface area contributed by atoms with Crippen molar-refractivity contribution >= 4 is 11.8 Å². The van der Waals surface area contributed by atoms with Gasteiger partial charge in [0.1, 0.15) is 6.04 Å². The van der Waals surface area contributed by atoms with Crippen LogP contribution < -0.4 is 5.73 Å². The van der Waals surface area contributed by atoms with Crippen molar-refractivity contribution in [1.82, 2.24) is 4.90 Å². The molecule has 0 saturated carbocycles. The van der Waals surface area contributed by atoms with Crippen molar-refractivity contribution in [2.75, 3.05) is 6.54 Å². The van der Waals surface area contributed by atoms with E-state index in [4.69, 9.17) is 5.73 Å². The molecule has 1 aromatic rings. The van der Waals surface area contributed by atoms with Crippen LogP contribution in [0.25, 0.3) is 0 Å². The van der Waals surface area contributed by atoms with Crippen LogP contribution in [0.4, 0.5) is 0 Å². The van der Waals surface area contributed by atoms with E-state index < -0.39 is 11.9 Å². The Morgan fingerprint density at radius 2 is 1.94 bits per heavy atom. The molecular formula is C12H14N2O2. The van der Waals surface area contributed by atoms with E-state index >= 15 is 0 Å². The smallest absolute Gasteiger partial charge is 0.254 e. The molecule has 2 rings (SSSR count). The first-order valence-corrected chi connectivity index (χ1v) is 5.35. The molecule has 0 bridgehead atoms. The van der Waals surface area contributed by atoms with Gasteiger partial charge in [-0.1, -0.05) is 18.2 Å². The molecule has 4 nitrogen and oxygen atoms in total. The van der Waals surface area contributed by atoms with Gasteiger partial charge in [0.15, 0.2) is 0 Å². The largest absolute Gasteiger partial charge is 0.368 e. The van der Waals surface area contributed by atoms with Crippen LogP contribution in [0.1, 0.15) is 23.2 Å². The summed E-state index contributed by atoms with van der Waals surface area (Å²) in [5.41, 5.74) is 5.88. The maximum atomic E-state index is 12.1. The molecule has 0 radical (unpaired) electrons. The number of likely N-dealkylation sites (tertiary alicyclic amines) is 1. The standard InChI is InChI=1S/C12H14N2O2/c13-11(15)10-7-4-8-14(10)12(16)9-5-2-1-3-6-9/h1-3,5-6,10H,4,7-8H2,(H2,13,15). The van der Waals surface area contributed by atoms with Crippen molar-refractivity contribution in [2.45, 2.75) is 18.9 Å². The molecule has 1 aromatic carbocycles. The Bertz CT molecular complexity index is 403. The summed E-state index contributed by atoms with van der Waals surface area (Å²) in [4.78, 5) is 24.8. The summed E-state index contributed by atoms with van der Waals surface area (Å²) in [6, 6.07) is 8.53. The highest BCUT2D eigenvalue weighted by molar-refractivity contribution is 5.97. The van der Waals surface area contributed by atoms with Gasteiger partial charge >= 0.3 is 0 Å². The van der Waals surface area contributed by atoms with Crippen molar-refractivity contribution in [2.24, 2.45) is 5.73 Å². The van der Waals surface area contributed by atoms with Crippen LogP contribution >= 0.6 is 0 Å². The number of carbonyl (C=O) groups excluding carboxylic acids is 2. The first-order chi connectivity index (χ1) is 7.70. The number of carbonyl (C=O) groups is 2. The van der Waals surface area contributed by atoms with E-state index in [1.807, 2.05) is 18.2 Å². The zero-order valence-electron chi connectivity index (χ0n) is 8.93. The summed E-state index contributed by atoms with van der Waals surface area (Å²) in [6.45, 7) is 0.612. The van der Waals surface area contributed by atoms with Gasteiger partial charge in [-0.15, -0.1) is 0 Å². The Morgan fingerprint density at radius 3 is 2.56 bits per heavy atom. The van der Waals surface area contributed by atoms with Gasteiger partial charge in [0.05, 0.1) is 0 Å². The molecule has 1 heterocycles. The third-order valence-electron chi connectivity index (χ3n) is 2.86. The minimum absolute atomic E-state index is 0.109. The lowest BCUT2D eigenvalue weighted by molar-refractivity contribution is -0.121. The third kappa shape index (κ3) is 1.91. The number of nitrogens with two attached hydrogens (primary N) is 1. The summed E-state index contributed by atoms with van der Waals surface area (Å²) in [5, 5.41) is 0. The van der Waals surface area contributed by atoms with Crippen LogP contribution in [0.5, 0.6) is 0 Å². The van der Waals surface area contributed by atoms with Gasteiger partial charge in [0.2, 0.25) is 5.91 Å². The molecule has 2 N–H and O–H groups in total. The maximum absolute atomic E-state index is 12.1. The summed E-state index contributed by atoms with van der Waals surface area (Å²) in [5.74, 6) is -0.524. The average Bonchev–Trinajstić information content (AvgIpc) is 2.78. The van der Waals surface area contributed by atoms with Gasteiger partial charge < -0.3 is 10.6 Å². The van der Waals surface area contributed by atoms with Gasteiger partial charge in [-0.25, -0.2) is 0 Å². The lowest BCUT2D eigenvalue weighted by Gasteiger charge is -2.22. The minimum Gasteiger partial charge on any atom is -0.368 e. The van der Waals surface area contributed by atoms with E-state index in [1.54, 1.807) is 17.0 Å². The zero-order valence-corrected chi connectivity index (χ0v) is 8.93. The highest BCUT2D eigenvalue weighted by Crippen LogP contribution is 2.19. The Morgan fingerprint density at radius 1 is 1.25 bits per heavy atom. The SMILES string of the molecule is NC(=O)C1CCCN1C(=O)c1ccccc1. The predicted octanol–water partition coefficient (Wildman–Crippen LogP) is 0.776. The van der Waals surface area contributed by atoms with Crippen LogP contribution in [-0.4, -0.2) is 29.3 Å². The first-order valence-electron chi connectivity index (χ1n) is 5.35. The zero-order chi connectivity index (χ0) is 11.5. The second-order valence-corrected chi connectivity index (χ2v) is 3.92. The number of rotatable bonds is 2. The monoisotopic (exact) mass is 218 g/mol. The van der Waals surface area contributed by atoms with Gasteiger partial charge in [0.25, 0.3) is 5.91 Å². The number of hydrogen-bond acceptors (Lipinski definition) is 2. The molecular weight excluding hydrogens is 204 g/mol. The summed E-state index contributed by atoms with van der Waals surface area (Å²) >= 11 is 0. The Hall–Kier alpha value is -1.84. The Labute approximate surface area is 94.0 Å². The quantitative estimate of drug-likeness (QED) is 0.797. The van der Waals surface area contributed by atoms with E-state index in [9.17, 15) is 9.59 Å². The number of primary amides is 1. The van der Waals surface area contributed by atoms with E-state index in [0.717, 1.165) is 6.42 Å². The Kier molecular flexibility index (Phi) is 2.90. The molecule has 0 spiro atoms. The summed E-state index contributed by atoms with van der Waals surface area (Å²) < 4.78 is 0. The van der Waals surface area contributed by atoms with Crippen molar-refractivity contribution in [3.63, 3.8) is 0 Å². The van der Waals surface area contributed by atoms with Crippen LogP contribution in [0, 0.1) is 0 Å². The lowest BCUT2D eigenvalue weighted by Crippen LogP contribution is -2.43. The van der Waals surface area contributed by atoms with Gasteiger partial charge in [0, 0.05) is 12.1 Å². The number of hydrogen-bond donors (Lipinski definition) is 1. The van der Waals surface area contributed by atoms with E-state index in [0.29, 0.717) is 18.5 Å². The molecule has 1 aliphatic rings. The summed E-state index contributed by atoms with van der Waals surface area (Å²) in [6.07, 6.45) is 1.51. The topological polar surface area (TPSA) is 63.4 Å². The van der Waals surface area contributed by atoms with Gasteiger partial charge in [-0.2, -0.15) is 0 Å². The van der Waals surface area contributed by atoms with Crippen LogP contribution in [0.2, 0.25) is 0 Å². The van der Waals surface area contributed by atoms with Crippen LogP contribution in [0.15, 0.2) is 30.3 Å². The average molecular weight is 218 g/mol. The summed E-state index contributed by atoms with van der Waals surface area (Å²) in [7, 11) is 0. The van der Waals surface area contributed by atoms with E-state index in [-0.39, 0.29) is 5.91 Å².